The van der Waals surface area contributed by atoms with Crippen LogP contribution in [0.3, 0.4) is 0 Å². The van der Waals surface area contributed by atoms with E-state index in [2.05, 4.69) is 23.8 Å². The van der Waals surface area contributed by atoms with Crippen molar-refractivity contribution in [3.05, 3.63) is 29.6 Å². The minimum atomic E-state index is -1.63. The lowest BCUT2D eigenvalue weighted by molar-refractivity contribution is 0.0885. The topological polar surface area (TPSA) is 46.9 Å². The number of piperazine rings is 1. The van der Waals surface area contributed by atoms with Crippen molar-refractivity contribution in [3.63, 3.8) is 0 Å². The molecular weight excluding hydrogens is 258 g/mol. The van der Waals surface area contributed by atoms with Crippen LogP contribution in [0.1, 0.15) is 18.9 Å². The fourth-order valence-corrected chi connectivity index (χ4v) is 2.79. The quantitative estimate of drug-likeness (QED) is 0.764. The van der Waals surface area contributed by atoms with Gasteiger partial charge >= 0.3 is 7.12 Å². The Morgan fingerprint density at radius 2 is 2.10 bits per heavy atom. The second-order valence-electron chi connectivity index (χ2n) is 5.49. The summed E-state index contributed by atoms with van der Waals surface area (Å²) in [5.74, 6) is -0.443. The molecule has 20 heavy (non-hydrogen) atoms. The van der Waals surface area contributed by atoms with Crippen LogP contribution in [0.25, 0.3) is 0 Å². The second-order valence-corrected chi connectivity index (χ2v) is 5.49. The first-order chi connectivity index (χ1) is 9.51. The van der Waals surface area contributed by atoms with E-state index < -0.39 is 12.9 Å². The Morgan fingerprint density at radius 1 is 1.35 bits per heavy atom. The zero-order valence-electron chi connectivity index (χ0n) is 12.1. The molecule has 1 aliphatic rings. The van der Waals surface area contributed by atoms with Crippen molar-refractivity contribution in [3.8, 4) is 0 Å². The highest BCUT2D eigenvalue weighted by Crippen LogP contribution is 2.13. The summed E-state index contributed by atoms with van der Waals surface area (Å²) >= 11 is 0. The molecule has 0 amide bonds. The predicted molar refractivity (Wildman–Crippen MR) is 78.2 cm³/mol. The Hall–Kier alpha value is -0.945. The summed E-state index contributed by atoms with van der Waals surface area (Å²) in [6.07, 6.45) is 1.09. The maximum atomic E-state index is 13.2. The Morgan fingerprint density at radius 3 is 2.75 bits per heavy atom. The van der Waals surface area contributed by atoms with Crippen molar-refractivity contribution >= 4 is 12.6 Å². The largest absolute Gasteiger partial charge is 0.488 e. The van der Waals surface area contributed by atoms with E-state index in [4.69, 9.17) is 0 Å². The van der Waals surface area contributed by atoms with Crippen LogP contribution in [0.4, 0.5) is 4.39 Å². The van der Waals surface area contributed by atoms with E-state index in [0.717, 1.165) is 31.6 Å². The van der Waals surface area contributed by atoms with E-state index in [9.17, 15) is 14.4 Å². The van der Waals surface area contributed by atoms with Gasteiger partial charge in [0, 0.05) is 32.2 Å². The van der Waals surface area contributed by atoms with Gasteiger partial charge in [-0.2, -0.15) is 0 Å². The number of rotatable bonds is 4. The first-order valence-electron chi connectivity index (χ1n) is 7.08. The van der Waals surface area contributed by atoms with Gasteiger partial charge in [-0.1, -0.05) is 13.0 Å². The van der Waals surface area contributed by atoms with Crippen molar-refractivity contribution in [2.75, 3.05) is 26.7 Å². The van der Waals surface area contributed by atoms with E-state index in [1.165, 1.54) is 12.1 Å². The number of likely N-dealkylation sites (N-methyl/N-ethyl adjacent to an activating group) is 1. The van der Waals surface area contributed by atoms with Crippen molar-refractivity contribution in [2.24, 2.45) is 0 Å². The average Bonchev–Trinajstić information content (AvgIpc) is 2.42. The molecule has 1 aromatic carbocycles. The molecule has 1 aromatic rings. The Kier molecular flexibility index (Phi) is 5.15. The summed E-state index contributed by atoms with van der Waals surface area (Å²) < 4.78 is 13.2. The highest BCUT2D eigenvalue weighted by atomic mass is 19.1. The standard InChI is InChI=1S/C14H22BFN2O2/c1-3-13-10-18(7-6-17(13)2)9-11-4-5-12(16)8-14(11)15(19)20/h4-5,8,13,19-20H,3,6-7,9-10H2,1-2H3. The second kappa shape index (κ2) is 6.67. The first-order valence-corrected chi connectivity index (χ1v) is 7.08. The highest BCUT2D eigenvalue weighted by molar-refractivity contribution is 6.59. The van der Waals surface area contributed by atoms with Gasteiger partial charge in [0.1, 0.15) is 5.82 Å². The molecule has 1 unspecified atom stereocenters. The molecule has 1 aliphatic heterocycles. The smallest absolute Gasteiger partial charge is 0.423 e. The van der Waals surface area contributed by atoms with Crippen LogP contribution in [0, 0.1) is 5.82 Å². The first kappa shape index (κ1) is 15.4. The summed E-state index contributed by atoms with van der Waals surface area (Å²) in [6.45, 7) is 5.68. The number of nitrogens with zero attached hydrogens (tertiary/aromatic N) is 2. The van der Waals surface area contributed by atoms with Crippen LogP contribution >= 0.6 is 0 Å². The molecule has 1 fully saturated rings. The molecule has 0 bridgehead atoms. The van der Waals surface area contributed by atoms with Gasteiger partial charge in [0.2, 0.25) is 0 Å². The fraction of sp³-hybridized carbons (Fsp3) is 0.571. The van der Waals surface area contributed by atoms with Gasteiger partial charge < -0.3 is 14.9 Å². The molecular formula is C14H22BFN2O2. The minimum Gasteiger partial charge on any atom is -0.423 e. The van der Waals surface area contributed by atoms with E-state index in [1.807, 2.05) is 0 Å². The summed E-state index contributed by atoms with van der Waals surface area (Å²) in [4.78, 5) is 4.64. The maximum absolute atomic E-state index is 13.2. The van der Waals surface area contributed by atoms with Crippen LogP contribution in [0.2, 0.25) is 0 Å². The third-order valence-corrected chi connectivity index (χ3v) is 4.11. The van der Waals surface area contributed by atoms with Gasteiger partial charge in [0.25, 0.3) is 0 Å². The zero-order valence-corrected chi connectivity index (χ0v) is 12.1. The van der Waals surface area contributed by atoms with Gasteiger partial charge in [0.05, 0.1) is 0 Å². The summed E-state index contributed by atoms with van der Waals surface area (Å²) in [6, 6.07) is 4.73. The maximum Gasteiger partial charge on any atom is 0.488 e. The Balaban J connectivity index is 2.10. The molecule has 2 rings (SSSR count). The molecule has 1 saturated heterocycles. The third kappa shape index (κ3) is 3.58. The van der Waals surface area contributed by atoms with Gasteiger partial charge in [-0.05, 0) is 36.6 Å². The molecule has 110 valence electrons. The molecule has 0 saturated carbocycles. The lowest BCUT2D eigenvalue weighted by Gasteiger charge is -2.39. The molecule has 0 spiro atoms. The van der Waals surface area contributed by atoms with E-state index >= 15 is 0 Å². The fourth-order valence-electron chi connectivity index (χ4n) is 2.79. The SMILES string of the molecule is CCC1CN(Cc2ccc(F)cc2B(O)O)CCN1C. The van der Waals surface area contributed by atoms with Crippen LogP contribution in [-0.4, -0.2) is 59.7 Å². The molecule has 1 atom stereocenters. The van der Waals surface area contributed by atoms with Crippen molar-refractivity contribution < 1.29 is 14.4 Å². The molecule has 0 aliphatic carbocycles. The molecule has 4 nitrogen and oxygen atoms in total. The van der Waals surface area contributed by atoms with E-state index in [1.54, 1.807) is 6.07 Å². The minimum absolute atomic E-state index is 0.261. The summed E-state index contributed by atoms with van der Waals surface area (Å²) in [5.41, 5.74) is 1.04. The van der Waals surface area contributed by atoms with E-state index in [-0.39, 0.29) is 5.46 Å². The molecule has 2 N–H and O–H groups in total. The molecule has 0 radical (unpaired) electrons. The highest BCUT2D eigenvalue weighted by Gasteiger charge is 2.24. The number of hydrogen-bond acceptors (Lipinski definition) is 4. The van der Waals surface area contributed by atoms with Crippen molar-refractivity contribution in [2.45, 2.75) is 25.9 Å². The average molecular weight is 280 g/mol. The molecule has 6 heteroatoms. The number of halogens is 1. The van der Waals surface area contributed by atoms with Crippen LogP contribution in [0.5, 0.6) is 0 Å². The summed E-state index contributed by atoms with van der Waals surface area (Å²) in [7, 11) is 0.502. The number of benzene rings is 1. The molecule has 0 aromatic heterocycles. The van der Waals surface area contributed by atoms with Gasteiger partial charge in [-0.3, -0.25) is 4.90 Å². The lowest BCUT2D eigenvalue weighted by atomic mass is 9.77. The predicted octanol–water partition coefficient (Wildman–Crippen LogP) is 0.0315. The van der Waals surface area contributed by atoms with Gasteiger partial charge in [0.15, 0.2) is 0 Å². The Labute approximate surface area is 120 Å². The molecule has 1 heterocycles. The van der Waals surface area contributed by atoms with Crippen LogP contribution < -0.4 is 5.46 Å². The summed E-state index contributed by atoms with van der Waals surface area (Å²) in [5, 5.41) is 18.7. The van der Waals surface area contributed by atoms with Crippen molar-refractivity contribution in [1.29, 1.82) is 0 Å². The van der Waals surface area contributed by atoms with Gasteiger partial charge in [-0.15, -0.1) is 0 Å². The van der Waals surface area contributed by atoms with E-state index in [0.29, 0.717) is 12.6 Å². The Bertz CT molecular complexity index is 459. The normalized spacial score (nSPS) is 21.1. The van der Waals surface area contributed by atoms with Gasteiger partial charge in [-0.25, -0.2) is 4.39 Å². The third-order valence-electron chi connectivity index (χ3n) is 4.11. The lowest BCUT2D eigenvalue weighted by Crippen LogP contribution is -2.51. The monoisotopic (exact) mass is 280 g/mol. The van der Waals surface area contributed by atoms with Crippen molar-refractivity contribution in [1.82, 2.24) is 9.80 Å². The zero-order chi connectivity index (χ0) is 14.7. The van der Waals surface area contributed by atoms with Crippen LogP contribution in [0.15, 0.2) is 18.2 Å². The number of hydrogen-bond donors (Lipinski definition) is 2. The van der Waals surface area contributed by atoms with Crippen LogP contribution in [-0.2, 0) is 6.54 Å².